The van der Waals surface area contributed by atoms with E-state index in [0.717, 1.165) is 12.8 Å². The third-order valence-electron chi connectivity index (χ3n) is 3.88. The largest absolute Gasteiger partial charge is 0.481 e. The van der Waals surface area contributed by atoms with Gasteiger partial charge in [-0.05, 0) is 38.5 Å². The summed E-state index contributed by atoms with van der Waals surface area (Å²) in [6, 6.07) is 0.0973. The van der Waals surface area contributed by atoms with E-state index in [-0.39, 0.29) is 24.3 Å². The number of hydrogen-bond donors (Lipinski definition) is 2. The number of carbonyl (C=O) groups excluding carboxylic acids is 1. The van der Waals surface area contributed by atoms with Gasteiger partial charge < -0.3 is 10.4 Å². The third-order valence-corrected chi connectivity index (χ3v) is 3.88. The molecule has 112 valence electrons. The van der Waals surface area contributed by atoms with Gasteiger partial charge in [-0.1, -0.05) is 27.7 Å². The molecule has 0 aliphatic rings. The minimum absolute atomic E-state index is 0.0337. The van der Waals surface area contributed by atoms with Crippen LogP contribution in [0.2, 0.25) is 0 Å². The first-order valence-corrected chi connectivity index (χ1v) is 7.12. The molecule has 0 fully saturated rings. The summed E-state index contributed by atoms with van der Waals surface area (Å²) >= 11 is 0. The summed E-state index contributed by atoms with van der Waals surface area (Å²) in [7, 11) is 0. The van der Waals surface area contributed by atoms with Crippen molar-refractivity contribution in [2.24, 2.45) is 17.3 Å². The number of aliphatic carboxylic acids is 1. The molecule has 4 nitrogen and oxygen atoms in total. The van der Waals surface area contributed by atoms with Crippen LogP contribution in [0, 0.1) is 17.3 Å². The van der Waals surface area contributed by atoms with Gasteiger partial charge in [0.25, 0.3) is 0 Å². The minimum atomic E-state index is -0.998. The average molecular weight is 271 g/mol. The molecule has 4 heteroatoms. The molecule has 0 saturated carbocycles. The number of amides is 1. The van der Waals surface area contributed by atoms with Crippen LogP contribution >= 0.6 is 0 Å². The fraction of sp³-hybridized carbons (Fsp3) is 0.867. The van der Waals surface area contributed by atoms with Gasteiger partial charge in [0.2, 0.25) is 5.91 Å². The lowest BCUT2D eigenvalue weighted by Gasteiger charge is -2.29. The highest BCUT2D eigenvalue weighted by Crippen LogP contribution is 2.31. The molecule has 0 aromatic carbocycles. The molecule has 0 rings (SSSR count). The van der Waals surface area contributed by atoms with Gasteiger partial charge in [-0.2, -0.15) is 0 Å². The van der Waals surface area contributed by atoms with Crippen molar-refractivity contribution in [1.29, 1.82) is 0 Å². The molecule has 0 aliphatic carbocycles. The predicted molar refractivity (Wildman–Crippen MR) is 76.9 cm³/mol. The zero-order valence-corrected chi connectivity index (χ0v) is 13.1. The Kier molecular flexibility index (Phi) is 7.09. The van der Waals surface area contributed by atoms with Crippen LogP contribution in [0.5, 0.6) is 0 Å². The molecule has 0 bridgehead atoms. The van der Waals surface area contributed by atoms with E-state index in [9.17, 15) is 14.7 Å². The molecule has 0 aromatic heterocycles. The van der Waals surface area contributed by atoms with Gasteiger partial charge in [-0.25, -0.2) is 0 Å². The second-order valence-electron chi connectivity index (χ2n) is 6.49. The van der Waals surface area contributed by atoms with Crippen LogP contribution in [0.15, 0.2) is 0 Å². The molecule has 0 radical (unpaired) electrons. The standard InChI is InChI=1S/C15H29NO3/c1-10(2)7-8-12(5)16-13(17)9-15(6,11(3)4)14(18)19/h10-12H,7-9H2,1-6H3,(H,16,17)(H,18,19). The van der Waals surface area contributed by atoms with Crippen LogP contribution in [0.25, 0.3) is 0 Å². The lowest BCUT2D eigenvalue weighted by Crippen LogP contribution is -2.41. The SMILES string of the molecule is CC(C)CCC(C)NC(=O)CC(C)(C(=O)O)C(C)C. The molecule has 2 N–H and O–H groups in total. The van der Waals surface area contributed by atoms with Crippen LogP contribution < -0.4 is 5.32 Å². The maximum Gasteiger partial charge on any atom is 0.310 e. The van der Waals surface area contributed by atoms with Crippen LogP contribution in [-0.4, -0.2) is 23.0 Å². The van der Waals surface area contributed by atoms with Crippen molar-refractivity contribution in [3.8, 4) is 0 Å². The zero-order chi connectivity index (χ0) is 15.2. The van der Waals surface area contributed by atoms with E-state index in [1.807, 2.05) is 20.8 Å². The van der Waals surface area contributed by atoms with Gasteiger partial charge in [0.15, 0.2) is 0 Å². The quantitative estimate of drug-likeness (QED) is 0.713. The zero-order valence-electron chi connectivity index (χ0n) is 13.1. The molecule has 1 amide bonds. The molecular formula is C15H29NO3. The highest BCUT2D eigenvalue weighted by molar-refractivity contribution is 5.85. The van der Waals surface area contributed by atoms with Crippen LogP contribution in [0.4, 0.5) is 0 Å². The number of carboxylic acid groups (broad SMARTS) is 1. The maximum atomic E-state index is 11.9. The lowest BCUT2D eigenvalue weighted by atomic mass is 9.76. The summed E-state index contributed by atoms with van der Waals surface area (Å²) in [6.45, 7) is 11.6. The number of nitrogens with one attached hydrogen (secondary N) is 1. The highest BCUT2D eigenvalue weighted by atomic mass is 16.4. The molecule has 2 unspecified atom stereocenters. The second kappa shape index (κ2) is 7.51. The second-order valence-corrected chi connectivity index (χ2v) is 6.49. The molecule has 0 spiro atoms. The molecule has 2 atom stereocenters. The summed E-state index contributed by atoms with van der Waals surface area (Å²) in [6.07, 6.45) is 2.02. The van der Waals surface area contributed by atoms with Gasteiger partial charge in [-0.15, -0.1) is 0 Å². The van der Waals surface area contributed by atoms with Crippen LogP contribution in [0.1, 0.15) is 60.8 Å². The minimum Gasteiger partial charge on any atom is -0.481 e. The van der Waals surface area contributed by atoms with Crippen molar-refractivity contribution in [3.63, 3.8) is 0 Å². The lowest BCUT2D eigenvalue weighted by molar-refractivity contribution is -0.153. The number of carboxylic acids is 1. The number of hydrogen-bond acceptors (Lipinski definition) is 2. The van der Waals surface area contributed by atoms with Gasteiger partial charge in [-0.3, -0.25) is 9.59 Å². The molecule has 0 aliphatic heterocycles. The molecular weight excluding hydrogens is 242 g/mol. The monoisotopic (exact) mass is 271 g/mol. The Bertz CT molecular complexity index is 313. The normalized spacial score (nSPS) is 16.2. The van der Waals surface area contributed by atoms with Gasteiger partial charge >= 0.3 is 5.97 Å². The smallest absolute Gasteiger partial charge is 0.310 e. The Morgan fingerprint density at radius 1 is 1.11 bits per heavy atom. The summed E-state index contributed by atoms with van der Waals surface area (Å²) in [4.78, 5) is 23.3. The van der Waals surface area contributed by atoms with Crippen molar-refractivity contribution in [2.75, 3.05) is 0 Å². The summed E-state index contributed by atoms with van der Waals surface area (Å²) in [5, 5.41) is 12.2. The first-order chi connectivity index (χ1) is 8.59. The molecule has 0 heterocycles. The maximum absolute atomic E-state index is 11.9. The first kappa shape index (κ1) is 17.9. The Hall–Kier alpha value is -1.06. The van der Waals surface area contributed by atoms with E-state index in [1.165, 1.54) is 0 Å². The fourth-order valence-electron chi connectivity index (χ4n) is 1.84. The van der Waals surface area contributed by atoms with Gasteiger partial charge in [0.05, 0.1) is 5.41 Å². The Morgan fingerprint density at radius 3 is 2.00 bits per heavy atom. The fourth-order valence-corrected chi connectivity index (χ4v) is 1.84. The molecule has 0 aromatic rings. The summed E-state index contributed by atoms with van der Waals surface area (Å²) in [5.74, 6) is -0.552. The van der Waals surface area contributed by atoms with Crippen molar-refractivity contribution in [1.82, 2.24) is 5.32 Å². The van der Waals surface area contributed by atoms with E-state index in [2.05, 4.69) is 19.2 Å². The van der Waals surface area contributed by atoms with E-state index in [0.29, 0.717) is 5.92 Å². The van der Waals surface area contributed by atoms with Crippen LogP contribution in [-0.2, 0) is 9.59 Å². The summed E-state index contributed by atoms with van der Waals surface area (Å²) < 4.78 is 0. The third kappa shape index (κ3) is 6.08. The van der Waals surface area contributed by atoms with Crippen molar-refractivity contribution in [3.05, 3.63) is 0 Å². The molecule has 19 heavy (non-hydrogen) atoms. The van der Waals surface area contributed by atoms with E-state index in [1.54, 1.807) is 6.92 Å². The predicted octanol–water partition coefficient (Wildman–Crippen LogP) is 3.06. The topological polar surface area (TPSA) is 66.4 Å². The van der Waals surface area contributed by atoms with Crippen molar-refractivity contribution < 1.29 is 14.7 Å². The van der Waals surface area contributed by atoms with Crippen molar-refractivity contribution in [2.45, 2.75) is 66.8 Å². The average Bonchev–Trinajstić information content (AvgIpc) is 2.25. The van der Waals surface area contributed by atoms with Gasteiger partial charge in [0.1, 0.15) is 0 Å². The Morgan fingerprint density at radius 2 is 1.63 bits per heavy atom. The Balaban J connectivity index is 4.40. The molecule has 0 saturated heterocycles. The van der Waals surface area contributed by atoms with E-state index >= 15 is 0 Å². The van der Waals surface area contributed by atoms with Crippen molar-refractivity contribution >= 4 is 11.9 Å². The number of carbonyl (C=O) groups is 2. The Labute approximate surface area is 117 Å². The van der Waals surface area contributed by atoms with Crippen LogP contribution in [0.3, 0.4) is 0 Å². The van der Waals surface area contributed by atoms with E-state index in [4.69, 9.17) is 0 Å². The first-order valence-electron chi connectivity index (χ1n) is 7.12. The van der Waals surface area contributed by atoms with E-state index < -0.39 is 11.4 Å². The summed E-state index contributed by atoms with van der Waals surface area (Å²) in [5.41, 5.74) is -0.998. The highest BCUT2D eigenvalue weighted by Gasteiger charge is 2.38. The number of rotatable bonds is 8. The van der Waals surface area contributed by atoms with Gasteiger partial charge in [0, 0.05) is 12.5 Å².